The van der Waals surface area contributed by atoms with Gasteiger partial charge in [0, 0.05) is 13.0 Å². The van der Waals surface area contributed by atoms with Crippen molar-refractivity contribution in [3.63, 3.8) is 0 Å². The Bertz CT molecular complexity index is 204. The minimum Gasteiger partial charge on any atom is -0.364 e. The van der Waals surface area contributed by atoms with E-state index in [1.54, 1.807) is 0 Å². The molecule has 1 rings (SSSR count). The van der Waals surface area contributed by atoms with Crippen LogP contribution in [0, 0.1) is 11.8 Å². The van der Waals surface area contributed by atoms with Crippen LogP contribution in [-0.2, 0) is 4.74 Å². The van der Waals surface area contributed by atoms with Crippen LogP contribution in [0.1, 0.15) is 45.4 Å². The predicted molar refractivity (Wildman–Crippen MR) is 68.7 cm³/mol. The largest absolute Gasteiger partial charge is 0.364 e. The third-order valence-corrected chi connectivity index (χ3v) is 3.70. The van der Waals surface area contributed by atoms with E-state index >= 15 is 0 Å². The van der Waals surface area contributed by atoms with Crippen molar-refractivity contribution in [2.24, 2.45) is 0 Å². The van der Waals surface area contributed by atoms with Gasteiger partial charge >= 0.3 is 0 Å². The average molecular weight is 306 g/mol. The SMILES string of the molecule is CCCCCCC#C[C@H]1OCC[C@@H]1I. The van der Waals surface area contributed by atoms with E-state index in [1.165, 1.54) is 25.7 Å². The first-order chi connectivity index (χ1) is 6.84. The lowest BCUT2D eigenvalue weighted by Crippen LogP contribution is -2.11. The number of unbranched alkanes of at least 4 members (excludes halogenated alkanes) is 4. The van der Waals surface area contributed by atoms with Crippen LogP contribution in [-0.4, -0.2) is 16.6 Å². The second-order valence-electron chi connectivity index (χ2n) is 3.73. The molecule has 2 atom stereocenters. The van der Waals surface area contributed by atoms with Crippen molar-refractivity contribution < 1.29 is 4.74 Å². The summed E-state index contributed by atoms with van der Waals surface area (Å²) >= 11 is 2.44. The zero-order valence-electron chi connectivity index (χ0n) is 8.89. The van der Waals surface area contributed by atoms with Crippen LogP contribution in [0.4, 0.5) is 0 Å². The highest BCUT2D eigenvalue weighted by Crippen LogP contribution is 2.20. The highest BCUT2D eigenvalue weighted by molar-refractivity contribution is 14.1. The van der Waals surface area contributed by atoms with Gasteiger partial charge in [0.1, 0.15) is 6.10 Å². The van der Waals surface area contributed by atoms with Crippen molar-refractivity contribution in [3.8, 4) is 11.8 Å². The lowest BCUT2D eigenvalue weighted by molar-refractivity contribution is 0.155. The maximum absolute atomic E-state index is 5.51. The molecule has 1 nitrogen and oxygen atoms in total. The Morgan fingerprint density at radius 3 is 2.86 bits per heavy atom. The third-order valence-electron chi connectivity index (χ3n) is 2.42. The minimum absolute atomic E-state index is 0.210. The fourth-order valence-electron chi connectivity index (χ4n) is 1.51. The molecule has 0 aliphatic carbocycles. The van der Waals surface area contributed by atoms with E-state index in [9.17, 15) is 0 Å². The molecule has 0 aromatic carbocycles. The molecule has 80 valence electrons. The molecule has 0 N–H and O–H groups in total. The summed E-state index contributed by atoms with van der Waals surface area (Å²) in [7, 11) is 0. The summed E-state index contributed by atoms with van der Waals surface area (Å²) in [4.78, 5) is 0. The van der Waals surface area contributed by atoms with Crippen molar-refractivity contribution in [1.29, 1.82) is 0 Å². The fourth-order valence-corrected chi connectivity index (χ4v) is 2.15. The first-order valence-electron chi connectivity index (χ1n) is 5.58. The van der Waals surface area contributed by atoms with Crippen LogP contribution < -0.4 is 0 Å². The first-order valence-corrected chi connectivity index (χ1v) is 6.83. The predicted octanol–water partition coefficient (Wildman–Crippen LogP) is 3.55. The van der Waals surface area contributed by atoms with E-state index in [-0.39, 0.29) is 6.10 Å². The Hall–Kier alpha value is 0.250. The van der Waals surface area contributed by atoms with E-state index in [0.717, 1.165) is 19.4 Å². The van der Waals surface area contributed by atoms with Gasteiger partial charge in [0.05, 0.1) is 3.92 Å². The highest BCUT2D eigenvalue weighted by Gasteiger charge is 2.23. The summed E-state index contributed by atoms with van der Waals surface area (Å²) < 4.78 is 6.12. The molecule has 0 amide bonds. The van der Waals surface area contributed by atoms with Crippen molar-refractivity contribution >= 4 is 22.6 Å². The fraction of sp³-hybridized carbons (Fsp3) is 0.833. The van der Waals surface area contributed by atoms with Gasteiger partial charge in [0.15, 0.2) is 0 Å². The number of ether oxygens (including phenoxy) is 1. The molecule has 0 unspecified atom stereocenters. The van der Waals surface area contributed by atoms with E-state index in [4.69, 9.17) is 4.74 Å². The van der Waals surface area contributed by atoms with Crippen LogP contribution in [0.15, 0.2) is 0 Å². The third kappa shape index (κ3) is 4.65. The standard InChI is InChI=1S/C12H19IO/c1-2-3-4-5-6-7-8-12-11(13)9-10-14-12/h11-12H,2-6,9-10H2,1H3/t11-,12+/m0/s1. The van der Waals surface area contributed by atoms with Crippen LogP contribution in [0.25, 0.3) is 0 Å². The van der Waals surface area contributed by atoms with Gasteiger partial charge < -0.3 is 4.74 Å². The van der Waals surface area contributed by atoms with Crippen LogP contribution >= 0.6 is 22.6 Å². The van der Waals surface area contributed by atoms with Crippen LogP contribution in [0.3, 0.4) is 0 Å². The molecular weight excluding hydrogens is 287 g/mol. The molecule has 0 aromatic rings. The van der Waals surface area contributed by atoms with Crippen molar-refractivity contribution in [2.75, 3.05) is 6.61 Å². The van der Waals surface area contributed by atoms with Gasteiger partial charge in [-0.25, -0.2) is 0 Å². The van der Waals surface area contributed by atoms with Gasteiger partial charge in [-0.05, 0) is 12.8 Å². The van der Waals surface area contributed by atoms with Crippen molar-refractivity contribution in [1.82, 2.24) is 0 Å². The van der Waals surface area contributed by atoms with Gasteiger partial charge in [-0.15, -0.1) is 5.92 Å². The molecule has 1 aliphatic heterocycles. The summed E-state index contributed by atoms with van der Waals surface area (Å²) in [6.45, 7) is 3.13. The zero-order valence-corrected chi connectivity index (χ0v) is 11.0. The van der Waals surface area contributed by atoms with E-state index in [1.807, 2.05) is 0 Å². The molecule has 0 radical (unpaired) electrons. The lowest BCUT2D eigenvalue weighted by Gasteiger charge is -2.03. The maximum atomic E-state index is 5.51. The molecule has 1 saturated heterocycles. The Morgan fingerprint density at radius 1 is 1.36 bits per heavy atom. The van der Waals surface area contributed by atoms with Gasteiger partial charge in [-0.1, -0.05) is 54.7 Å². The molecule has 14 heavy (non-hydrogen) atoms. The van der Waals surface area contributed by atoms with Gasteiger partial charge in [-0.3, -0.25) is 0 Å². The van der Waals surface area contributed by atoms with Crippen LogP contribution in [0.2, 0.25) is 0 Å². The average Bonchev–Trinajstić information content (AvgIpc) is 2.58. The molecular formula is C12H19IO. The summed E-state index contributed by atoms with van der Waals surface area (Å²) in [5.41, 5.74) is 0. The molecule has 1 fully saturated rings. The highest BCUT2D eigenvalue weighted by atomic mass is 127. The normalized spacial score (nSPS) is 25.9. The number of halogens is 1. The van der Waals surface area contributed by atoms with Gasteiger partial charge in [-0.2, -0.15) is 0 Å². The molecule has 0 spiro atoms. The number of rotatable bonds is 4. The summed E-state index contributed by atoms with van der Waals surface area (Å²) in [6.07, 6.45) is 7.63. The molecule has 1 heterocycles. The second-order valence-corrected chi connectivity index (χ2v) is 5.33. The lowest BCUT2D eigenvalue weighted by atomic mass is 10.1. The molecule has 1 aliphatic rings. The van der Waals surface area contributed by atoms with E-state index < -0.39 is 0 Å². The maximum Gasteiger partial charge on any atom is 0.129 e. The monoisotopic (exact) mass is 306 g/mol. The minimum atomic E-state index is 0.210. The molecule has 0 bridgehead atoms. The summed E-state index contributed by atoms with van der Waals surface area (Å²) in [5, 5.41) is 0. The Balaban J connectivity index is 2.07. The zero-order chi connectivity index (χ0) is 10.2. The van der Waals surface area contributed by atoms with Crippen molar-refractivity contribution in [3.05, 3.63) is 0 Å². The molecule has 0 saturated carbocycles. The second kappa shape index (κ2) is 7.53. The molecule has 0 aromatic heterocycles. The Labute approximate surface area is 101 Å². The van der Waals surface area contributed by atoms with E-state index in [0.29, 0.717) is 3.92 Å². The summed E-state index contributed by atoms with van der Waals surface area (Å²) in [5.74, 6) is 6.47. The topological polar surface area (TPSA) is 9.23 Å². The van der Waals surface area contributed by atoms with Gasteiger partial charge in [0.2, 0.25) is 0 Å². The number of hydrogen-bond donors (Lipinski definition) is 0. The smallest absolute Gasteiger partial charge is 0.129 e. The van der Waals surface area contributed by atoms with Crippen molar-refractivity contribution in [2.45, 2.75) is 55.5 Å². The Morgan fingerprint density at radius 2 is 2.21 bits per heavy atom. The van der Waals surface area contributed by atoms with Gasteiger partial charge in [0.25, 0.3) is 0 Å². The van der Waals surface area contributed by atoms with Crippen LogP contribution in [0.5, 0.6) is 0 Å². The first kappa shape index (κ1) is 12.3. The quantitative estimate of drug-likeness (QED) is 0.334. The Kier molecular flexibility index (Phi) is 6.63. The number of hydrogen-bond acceptors (Lipinski definition) is 1. The summed E-state index contributed by atoms with van der Waals surface area (Å²) in [6, 6.07) is 0. The van der Waals surface area contributed by atoms with E-state index in [2.05, 4.69) is 41.4 Å². The molecule has 2 heteroatoms. The number of alkyl halides is 1.